The molecule has 2 fully saturated rings. The summed E-state index contributed by atoms with van der Waals surface area (Å²) >= 11 is 2.31. The van der Waals surface area contributed by atoms with Gasteiger partial charge in [0.25, 0.3) is 0 Å². The number of rotatable bonds is 13. The normalized spacial score (nSPS) is 25.1. The smallest absolute Gasteiger partial charge is 0.194 e. The number of allylic oxidation sites excluding steroid dienone is 4. The van der Waals surface area contributed by atoms with Crippen LogP contribution in [0.1, 0.15) is 105 Å². The van der Waals surface area contributed by atoms with Gasteiger partial charge in [0.2, 0.25) is 0 Å². The Morgan fingerprint density at radius 2 is 1.24 bits per heavy atom. The molecule has 294 valence electrons. The minimum absolute atomic E-state index is 0.253. The summed E-state index contributed by atoms with van der Waals surface area (Å²) in [5.74, 6) is -12.1. The van der Waals surface area contributed by atoms with E-state index in [0.717, 1.165) is 82.8 Å². The van der Waals surface area contributed by atoms with Gasteiger partial charge in [-0.2, -0.15) is 26.3 Å². The van der Waals surface area contributed by atoms with Crippen LogP contribution in [0.3, 0.4) is 0 Å². The van der Waals surface area contributed by atoms with Crippen LogP contribution in [0.15, 0.2) is 72.3 Å². The van der Waals surface area contributed by atoms with Gasteiger partial charge in [-0.05, 0) is 134 Å². The van der Waals surface area contributed by atoms with Crippen LogP contribution < -0.4 is 0 Å². The predicted molar refractivity (Wildman–Crippen MR) is 219 cm³/mol. The molecule has 0 spiro atoms. The summed E-state index contributed by atoms with van der Waals surface area (Å²) in [5, 5.41) is 0. The van der Waals surface area contributed by atoms with E-state index in [2.05, 4.69) is 45.9 Å². The first-order valence-electron chi connectivity index (χ1n) is 20.1. The van der Waals surface area contributed by atoms with Crippen LogP contribution in [-0.2, 0) is 12.8 Å². The van der Waals surface area contributed by atoms with Gasteiger partial charge in [0, 0.05) is 30.7 Å². The standard InChI is InChI=1S/C47H52F6S2/c1-7-10-27(4)22-39-35-23-32(9-3)40(24-35)36(39)21-16-31-14-19-34(20-15-31)42-26-38(29(6)55-42)44-43(45(48,49)47(52,53)46(44,50)51)37-25-41(54-28(37)5)33-17-12-30(11-8-2)13-18-33/h9,12-15,17-20,25-27,35-36,39-40H,7-8,10-11,16,21-24H2,1-6H3/b32-9+. The molecule has 55 heavy (non-hydrogen) atoms. The fraction of sp³-hybridized carbons (Fsp3) is 0.489. The van der Waals surface area contributed by atoms with E-state index in [1.54, 1.807) is 12.5 Å². The second kappa shape index (κ2) is 15.3. The Morgan fingerprint density at radius 3 is 1.71 bits per heavy atom. The van der Waals surface area contributed by atoms with Crippen LogP contribution in [-0.4, -0.2) is 17.8 Å². The maximum atomic E-state index is 15.9. The number of hydrogen-bond acceptors (Lipinski definition) is 2. The molecular weight excluding hydrogens is 743 g/mol. The number of aryl methyl sites for hydroxylation is 4. The van der Waals surface area contributed by atoms with Crippen LogP contribution in [0.4, 0.5) is 26.3 Å². The molecule has 8 heteroatoms. The van der Waals surface area contributed by atoms with E-state index in [1.165, 1.54) is 56.7 Å². The Labute approximate surface area is 330 Å². The molecule has 2 aromatic carbocycles. The monoisotopic (exact) mass is 794 g/mol. The van der Waals surface area contributed by atoms with Gasteiger partial charge in [0.05, 0.1) is 0 Å². The highest BCUT2D eigenvalue weighted by atomic mass is 32.1. The minimum Gasteiger partial charge on any atom is -0.194 e. The van der Waals surface area contributed by atoms with Gasteiger partial charge < -0.3 is 0 Å². The average molecular weight is 795 g/mol. The van der Waals surface area contributed by atoms with Crippen LogP contribution in [0.5, 0.6) is 0 Å². The molecule has 0 amide bonds. The zero-order valence-corrected chi connectivity index (χ0v) is 34.3. The van der Waals surface area contributed by atoms with E-state index in [-0.39, 0.29) is 16.0 Å². The number of hydrogen-bond donors (Lipinski definition) is 0. The van der Waals surface area contributed by atoms with E-state index >= 15 is 26.3 Å². The Morgan fingerprint density at radius 1 is 0.727 bits per heavy atom. The van der Waals surface area contributed by atoms with Gasteiger partial charge in [-0.25, -0.2) is 0 Å². The molecule has 2 bridgehead atoms. The quantitative estimate of drug-likeness (QED) is 0.0934. The van der Waals surface area contributed by atoms with Crippen molar-refractivity contribution in [3.05, 3.63) is 104 Å². The summed E-state index contributed by atoms with van der Waals surface area (Å²) in [6, 6.07) is 18.4. The molecule has 2 heterocycles. The lowest BCUT2D eigenvalue weighted by Crippen LogP contribution is -2.48. The van der Waals surface area contributed by atoms with Gasteiger partial charge in [-0.1, -0.05) is 100 Å². The molecule has 2 saturated carbocycles. The first kappa shape index (κ1) is 40.1. The second-order valence-corrected chi connectivity index (χ2v) is 19.0. The molecule has 0 saturated heterocycles. The number of fused-ring (bicyclic) bond motifs is 2. The third-order valence-corrected chi connectivity index (χ3v) is 15.1. The molecule has 7 rings (SSSR count). The van der Waals surface area contributed by atoms with E-state index in [9.17, 15) is 0 Å². The van der Waals surface area contributed by atoms with Gasteiger partial charge in [-0.3, -0.25) is 0 Å². The Kier molecular flexibility index (Phi) is 11.2. The molecular formula is C47H52F6S2. The van der Waals surface area contributed by atoms with Crippen molar-refractivity contribution in [3.8, 4) is 20.9 Å². The lowest BCUT2D eigenvalue weighted by atomic mass is 9.71. The van der Waals surface area contributed by atoms with Crippen molar-refractivity contribution in [3.63, 3.8) is 0 Å². The zero-order valence-electron chi connectivity index (χ0n) is 32.7. The van der Waals surface area contributed by atoms with Gasteiger partial charge in [0.15, 0.2) is 0 Å². The van der Waals surface area contributed by atoms with Crippen molar-refractivity contribution in [2.24, 2.45) is 29.6 Å². The fourth-order valence-electron chi connectivity index (χ4n) is 10.1. The molecule has 4 aromatic rings. The summed E-state index contributed by atoms with van der Waals surface area (Å²) in [4.78, 5) is 1.71. The molecule has 3 aliphatic carbocycles. The topological polar surface area (TPSA) is 0 Å². The summed E-state index contributed by atoms with van der Waals surface area (Å²) in [7, 11) is 0. The Bertz CT molecular complexity index is 2060. The van der Waals surface area contributed by atoms with Gasteiger partial charge >= 0.3 is 17.8 Å². The lowest BCUT2D eigenvalue weighted by Gasteiger charge is -2.34. The molecule has 0 radical (unpaired) electrons. The largest absolute Gasteiger partial charge is 0.380 e. The fourth-order valence-corrected chi connectivity index (χ4v) is 12.2. The first-order valence-corrected chi connectivity index (χ1v) is 21.7. The molecule has 0 nitrogen and oxygen atoms in total. The van der Waals surface area contributed by atoms with Crippen molar-refractivity contribution in [2.45, 2.75) is 117 Å². The molecule has 0 aliphatic heterocycles. The molecule has 0 N–H and O–H groups in total. The number of alkyl halides is 6. The van der Waals surface area contributed by atoms with Crippen molar-refractivity contribution in [2.75, 3.05) is 0 Å². The minimum atomic E-state index is -5.60. The zero-order chi connectivity index (χ0) is 39.4. The van der Waals surface area contributed by atoms with E-state index in [1.807, 2.05) is 36.4 Å². The average Bonchev–Trinajstić information content (AvgIpc) is 3.94. The molecule has 3 aliphatic rings. The second-order valence-electron chi connectivity index (χ2n) is 16.4. The number of thiophene rings is 2. The van der Waals surface area contributed by atoms with Crippen molar-refractivity contribution < 1.29 is 26.3 Å². The highest BCUT2D eigenvalue weighted by Crippen LogP contribution is 2.66. The summed E-state index contributed by atoms with van der Waals surface area (Å²) in [5.41, 5.74) is 2.33. The predicted octanol–water partition coefficient (Wildman–Crippen LogP) is 15.5. The SMILES string of the molecule is C/C=C1\CC2CC1C(CCc1ccc(-c3cc(C4=C(c5cc(-c6ccc(CCC)cc6)sc5C)C(F)(F)C(F)(F)C4(F)F)c(C)s3)cc1)C2CC(C)CCC. The van der Waals surface area contributed by atoms with Crippen molar-refractivity contribution in [1.82, 2.24) is 0 Å². The van der Waals surface area contributed by atoms with Crippen LogP contribution in [0, 0.1) is 43.4 Å². The number of benzene rings is 2. The number of halogens is 6. The van der Waals surface area contributed by atoms with Crippen LogP contribution >= 0.6 is 22.7 Å². The van der Waals surface area contributed by atoms with Crippen LogP contribution in [0.25, 0.3) is 32.0 Å². The highest BCUT2D eigenvalue weighted by molar-refractivity contribution is 7.16. The summed E-state index contributed by atoms with van der Waals surface area (Å²) in [6.45, 7) is 12.0. The Hall–Kier alpha value is -3.10. The Balaban J connectivity index is 1.17. The molecule has 5 unspecified atom stereocenters. The highest BCUT2D eigenvalue weighted by Gasteiger charge is 2.80. The lowest BCUT2D eigenvalue weighted by molar-refractivity contribution is -0.254. The third-order valence-electron chi connectivity index (χ3n) is 12.9. The maximum absolute atomic E-state index is 15.9. The summed E-state index contributed by atoms with van der Waals surface area (Å²) in [6.07, 6.45) is 12.6. The van der Waals surface area contributed by atoms with Crippen LogP contribution in [0.2, 0.25) is 0 Å². The van der Waals surface area contributed by atoms with Gasteiger partial charge in [-0.15, -0.1) is 22.7 Å². The molecule has 2 aromatic heterocycles. The molecule has 5 atom stereocenters. The van der Waals surface area contributed by atoms with E-state index < -0.39 is 28.9 Å². The van der Waals surface area contributed by atoms with Gasteiger partial charge in [0.1, 0.15) is 0 Å². The first-order chi connectivity index (χ1) is 26.1. The maximum Gasteiger partial charge on any atom is 0.380 e. The van der Waals surface area contributed by atoms with E-state index in [0.29, 0.717) is 26.5 Å². The van der Waals surface area contributed by atoms with E-state index in [4.69, 9.17) is 0 Å². The van der Waals surface area contributed by atoms with Crippen molar-refractivity contribution in [1.29, 1.82) is 0 Å². The van der Waals surface area contributed by atoms with Crippen molar-refractivity contribution >= 4 is 33.8 Å². The summed E-state index contributed by atoms with van der Waals surface area (Å²) < 4.78 is 94.1. The third kappa shape index (κ3) is 7.00.